The van der Waals surface area contributed by atoms with Gasteiger partial charge in [-0.2, -0.15) is 0 Å². The third-order valence-electron chi connectivity index (χ3n) is 7.01. The Labute approximate surface area is 218 Å². The number of rotatable bonds is 11. The van der Waals surface area contributed by atoms with Gasteiger partial charge in [0.25, 0.3) is 0 Å². The molecule has 36 heavy (non-hydrogen) atoms. The molecule has 0 amide bonds. The molecule has 1 saturated carbocycles. The van der Waals surface area contributed by atoms with Gasteiger partial charge < -0.3 is 23.7 Å². The highest BCUT2D eigenvalue weighted by Gasteiger charge is 2.51. The first-order valence-corrected chi connectivity index (χ1v) is 16.7. The van der Waals surface area contributed by atoms with E-state index in [2.05, 4.69) is 33.1 Å². The lowest BCUT2D eigenvalue weighted by Gasteiger charge is -2.47. The first-order chi connectivity index (χ1) is 16.9. The predicted molar refractivity (Wildman–Crippen MR) is 145 cm³/mol. The lowest BCUT2D eigenvalue weighted by atomic mass is 9.63. The molecule has 1 aromatic rings. The molecule has 0 spiro atoms. The second-order valence-corrected chi connectivity index (χ2v) is 17.6. The molecule has 0 unspecified atom stereocenters. The Kier molecular flexibility index (Phi) is 9.74. The SMILES string of the molecule is C=C1[C@@H](OC(=O)/C=C/c2ccccc2)CC[C@@](C)(COCOCC[Si](C)(C)C)[C@@H]1[C@@H]1COC(C)(C)O1. The summed E-state index contributed by atoms with van der Waals surface area (Å²) in [5.74, 6) is -1.11. The van der Waals surface area contributed by atoms with Crippen molar-refractivity contribution in [2.24, 2.45) is 11.3 Å². The van der Waals surface area contributed by atoms with E-state index in [1.165, 1.54) is 6.08 Å². The smallest absolute Gasteiger partial charge is 0.331 e. The van der Waals surface area contributed by atoms with Crippen LogP contribution in [0.5, 0.6) is 0 Å². The molecule has 4 atom stereocenters. The largest absolute Gasteiger partial charge is 0.455 e. The molecule has 6 nitrogen and oxygen atoms in total. The van der Waals surface area contributed by atoms with Crippen molar-refractivity contribution < 1.29 is 28.5 Å². The van der Waals surface area contributed by atoms with Crippen LogP contribution in [-0.2, 0) is 28.5 Å². The lowest BCUT2D eigenvalue weighted by molar-refractivity contribution is -0.163. The number of hydrogen-bond donors (Lipinski definition) is 0. The first kappa shape index (κ1) is 28.8. The molecule has 2 aliphatic rings. The Morgan fingerprint density at radius 3 is 2.53 bits per heavy atom. The number of esters is 1. The third-order valence-corrected chi connectivity index (χ3v) is 8.71. The van der Waals surface area contributed by atoms with Crippen molar-refractivity contribution in [2.75, 3.05) is 26.6 Å². The minimum Gasteiger partial charge on any atom is -0.455 e. The standard InChI is InChI=1S/C29H44O6Si/c1-22-24(34-26(30)14-13-23-11-9-8-10-12-23)15-16-29(4,20-32-21-31-17-18-36(5,6)7)27(22)25-19-33-28(2,3)35-25/h8-14,24-25,27H,1,15-21H2,2-7H3/b14-13+/t24-,25-,27-,29-/m0/s1. The fourth-order valence-electron chi connectivity index (χ4n) is 4.99. The Balaban J connectivity index is 1.63. The van der Waals surface area contributed by atoms with Crippen molar-refractivity contribution >= 4 is 20.1 Å². The zero-order valence-electron chi connectivity index (χ0n) is 22.9. The number of carbonyl (C=O) groups excluding carboxylic acids is 1. The Bertz CT molecular complexity index is 906. The molecule has 0 bridgehead atoms. The van der Waals surface area contributed by atoms with Gasteiger partial charge in [0.05, 0.1) is 19.3 Å². The van der Waals surface area contributed by atoms with Gasteiger partial charge in [0.1, 0.15) is 12.9 Å². The van der Waals surface area contributed by atoms with Crippen molar-refractivity contribution in [3.05, 3.63) is 54.1 Å². The van der Waals surface area contributed by atoms with Gasteiger partial charge in [0.2, 0.25) is 0 Å². The van der Waals surface area contributed by atoms with Gasteiger partial charge in [0, 0.05) is 32.1 Å². The number of ether oxygens (including phenoxy) is 5. The van der Waals surface area contributed by atoms with E-state index in [1.54, 1.807) is 6.08 Å². The molecule has 1 heterocycles. The molecule has 7 heteroatoms. The van der Waals surface area contributed by atoms with Crippen LogP contribution in [0.25, 0.3) is 6.08 Å². The molecule has 1 aliphatic carbocycles. The second-order valence-electron chi connectivity index (χ2n) is 12.0. The van der Waals surface area contributed by atoms with E-state index >= 15 is 0 Å². The van der Waals surface area contributed by atoms with Crippen LogP contribution in [0.3, 0.4) is 0 Å². The molecule has 1 aromatic carbocycles. The molecule has 200 valence electrons. The van der Waals surface area contributed by atoms with Gasteiger partial charge in [-0.3, -0.25) is 0 Å². The summed E-state index contributed by atoms with van der Waals surface area (Å²) in [6.07, 6.45) is 4.18. The average Bonchev–Trinajstić information content (AvgIpc) is 3.16. The molecule has 1 saturated heterocycles. The van der Waals surface area contributed by atoms with Crippen molar-refractivity contribution in [3.63, 3.8) is 0 Å². The van der Waals surface area contributed by atoms with Crippen LogP contribution in [0.15, 0.2) is 48.6 Å². The first-order valence-electron chi connectivity index (χ1n) is 13.0. The summed E-state index contributed by atoms with van der Waals surface area (Å²) in [5, 5.41) is 0. The summed E-state index contributed by atoms with van der Waals surface area (Å²) in [5.41, 5.74) is 1.57. The van der Waals surface area contributed by atoms with Crippen molar-refractivity contribution in [1.29, 1.82) is 0 Å². The van der Waals surface area contributed by atoms with E-state index < -0.39 is 13.9 Å². The van der Waals surface area contributed by atoms with E-state index in [4.69, 9.17) is 23.7 Å². The molecular formula is C29H44O6Si. The molecule has 3 rings (SSSR count). The maximum absolute atomic E-state index is 12.6. The van der Waals surface area contributed by atoms with Crippen LogP contribution in [0.4, 0.5) is 0 Å². The summed E-state index contributed by atoms with van der Waals surface area (Å²) < 4.78 is 29.8. The van der Waals surface area contributed by atoms with Gasteiger partial charge in [0.15, 0.2) is 5.79 Å². The Morgan fingerprint density at radius 2 is 1.89 bits per heavy atom. The quantitative estimate of drug-likeness (QED) is 0.0889. The molecule has 1 aliphatic heterocycles. The van der Waals surface area contributed by atoms with E-state index in [1.807, 2.05) is 44.2 Å². The highest BCUT2D eigenvalue weighted by Crippen LogP contribution is 2.49. The molecule has 2 fully saturated rings. The van der Waals surface area contributed by atoms with Gasteiger partial charge in [-0.1, -0.05) is 63.5 Å². The van der Waals surface area contributed by atoms with E-state index in [0.29, 0.717) is 19.6 Å². The van der Waals surface area contributed by atoms with Crippen LogP contribution < -0.4 is 0 Å². The topological polar surface area (TPSA) is 63.2 Å². The predicted octanol–water partition coefficient (Wildman–Crippen LogP) is 6.06. The van der Waals surface area contributed by atoms with Gasteiger partial charge in [-0.15, -0.1) is 0 Å². The minimum absolute atomic E-state index is 0.0779. The van der Waals surface area contributed by atoms with Crippen LogP contribution in [0, 0.1) is 11.3 Å². The van der Waals surface area contributed by atoms with Gasteiger partial charge in [-0.25, -0.2) is 4.79 Å². The summed E-state index contributed by atoms with van der Waals surface area (Å²) in [6.45, 7) is 19.4. The Morgan fingerprint density at radius 1 is 1.17 bits per heavy atom. The maximum atomic E-state index is 12.6. The van der Waals surface area contributed by atoms with Crippen molar-refractivity contribution in [1.82, 2.24) is 0 Å². The normalized spacial score (nSPS) is 28.5. The van der Waals surface area contributed by atoms with Crippen molar-refractivity contribution in [3.8, 4) is 0 Å². The fourth-order valence-corrected chi connectivity index (χ4v) is 5.75. The van der Waals surface area contributed by atoms with Crippen LogP contribution >= 0.6 is 0 Å². The summed E-state index contributed by atoms with van der Waals surface area (Å²) in [7, 11) is -1.13. The molecule has 0 aromatic heterocycles. The number of benzene rings is 1. The summed E-state index contributed by atoms with van der Waals surface area (Å²) in [4.78, 5) is 12.6. The molecule has 0 radical (unpaired) electrons. The number of hydrogen-bond acceptors (Lipinski definition) is 6. The van der Waals surface area contributed by atoms with E-state index in [9.17, 15) is 4.79 Å². The van der Waals surface area contributed by atoms with Gasteiger partial charge >= 0.3 is 5.97 Å². The second kappa shape index (κ2) is 12.2. The van der Waals surface area contributed by atoms with Crippen LogP contribution in [-0.4, -0.2) is 58.7 Å². The molecule has 0 N–H and O–H groups in total. The maximum Gasteiger partial charge on any atom is 0.331 e. The van der Waals surface area contributed by atoms with Crippen LogP contribution in [0.2, 0.25) is 25.7 Å². The third kappa shape index (κ3) is 8.38. The lowest BCUT2D eigenvalue weighted by Crippen LogP contribution is -2.49. The van der Waals surface area contributed by atoms with Gasteiger partial charge in [-0.05, 0) is 49.9 Å². The van der Waals surface area contributed by atoms with E-state index in [0.717, 1.165) is 30.2 Å². The Hall–Kier alpha value is -1.77. The summed E-state index contributed by atoms with van der Waals surface area (Å²) in [6, 6.07) is 10.8. The fraction of sp³-hybridized carbons (Fsp3) is 0.621. The average molecular weight is 517 g/mol. The number of carbonyl (C=O) groups is 1. The highest BCUT2D eigenvalue weighted by molar-refractivity contribution is 6.76. The highest BCUT2D eigenvalue weighted by atomic mass is 28.3. The molecular weight excluding hydrogens is 472 g/mol. The minimum atomic E-state index is -1.13. The van der Waals surface area contributed by atoms with Crippen LogP contribution in [0.1, 0.15) is 39.2 Å². The zero-order chi connectivity index (χ0) is 26.4. The van der Waals surface area contributed by atoms with E-state index in [-0.39, 0.29) is 36.3 Å². The zero-order valence-corrected chi connectivity index (χ0v) is 23.9. The van der Waals surface area contributed by atoms with Crippen molar-refractivity contribution in [2.45, 2.75) is 77.3 Å². The monoisotopic (exact) mass is 516 g/mol. The summed E-state index contributed by atoms with van der Waals surface area (Å²) >= 11 is 0.